The summed E-state index contributed by atoms with van der Waals surface area (Å²) in [6, 6.07) is 179. The molecule has 3 aliphatic carbocycles. The maximum atomic E-state index is 2.61. The fourth-order valence-corrected chi connectivity index (χ4v) is 24.4. The monoisotopic (exact) mass is 1660 g/mol. The molecule has 0 fully saturated rings. The summed E-state index contributed by atoms with van der Waals surface area (Å²) in [5.41, 5.74) is 36.7. The largest absolute Gasteiger partial charge is 0.310 e. The van der Waals surface area contributed by atoms with Crippen LogP contribution in [0, 0.1) is 0 Å². The zero-order valence-corrected chi connectivity index (χ0v) is 71.4. The van der Waals surface area contributed by atoms with Crippen molar-refractivity contribution in [1.82, 2.24) is 0 Å². The molecule has 1 atom stereocenters. The van der Waals surface area contributed by atoms with Gasteiger partial charge in [-0.05, 0) is 247 Å². The van der Waals surface area contributed by atoms with Crippen LogP contribution in [0.5, 0.6) is 0 Å². The van der Waals surface area contributed by atoms with Crippen LogP contribution < -0.4 is 9.80 Å². The molecule has 2 heterocycles. The summed E-state index contributed by atoms with van der Waals surface area (Å²) in [7, 11) is 0. The van der Waals surface area contributed by atoms with E-state index >= 15 is 0 Å². The van der Waals surface area contributed by atoms with Gasteiger partial charge < -0.3 is 9.80 Å². The van der Waals surface area contributed by atoms with Crippen molar-refractivity contribution in [2.24, 2.45) is 0 Å². The Bertz CT molecular complexity index is 8400. The Kier molecular flexibility index (Phi) is 16.9. The SMILES string of the molecule is c1ccc(C2(c3ccccc3)c3ccccc3-c3c(N(c4ccc(-c5cccc6ccccc56)cc4)c4cc(-c5ccc6c(c5)-c5ccccc5C65c6ccccc6-c6c(-c7ccc(N(c8ccc(-c9cccc%10ccccc9%10)cc8)c8ccccc8-c8ccc9sc%10ccccc%10c9c8)cc7)cccc65)ccc4-c4ccc5sc6ccccc6c5c4)cccc32)cc1. The van der Waals surface area contributed by atoms with Crippen LogP contribution in [0.1, 0.15) is 44.5 Å². The molecule has 23 aromatic rings. The summed E-state index contributed by atoms with van der Waals surface area (Å²) in [6.45, 7) is 0. The second-order valence-electron chi connectivity index (χ2n) is 34.3. The number of benzene rings is 21. The Morgan fingerprint density at radius 1 is 0.164 bits per heavy atom. The number of thiophene rings is 2. The van der Waals surface area contributed by atoms with Gasteiger partial charge in [-0.3, -0.25) is 0 Å². The second kappa shape index (κ2) is 29.4. The smallest absolute Gasteiger partial charge is 0.0725 e. The number of hydrogen-bond acceptors (Lipinski definition) is 4. The molecule has 3 aliphatic rings. The molecule has 2 nitrogen and oxygen atoms in total. The third-order valence-electron chi connectivity index (χ3n) is 27.8. The quantitative estimate of drug-likeness (QED) is 0.107. The summed E-state index contributed by atoms with van der Waals surface area (Å²) >= 11 is 3.72. The molecule has 0 amide bonds. The minimum Gasteiger partial charge on any atom is -0.310 e. The van der Waals surface area contributed by atoms with Gasteiger partial charge in [0.2, 0.25) is 0 Å². The lowest BCUT2D eigenvalue weighted by Gasteiger charge is -2.34. The van der Waals surface area contributed by atoms with Crippen molar-refractivity contribution >= 4 is 119 Å². The molecule has 0 N–H and O–H groups in total. The van der Waals surface area contributed by atoms with Crippen LogP contribution >= 0.6 is 22.7 Å². The number of para-hydroxylation sites is 1. The molecule has 596 valence electrons. The van der Waals surface area contributed by atoms with Crippen molar-refractivity contribution in [2.45, 2.75) is 10.8 Å². The lowest BCUT2D eigenvalue weighted by Crippen LogP contribution is -2.28. The van der Waals surface area contributed by atoms with Crippen LogP contribution in [0.3, 0.4) is 0 Å². The van der Waals surface area contributed by atoms with Crippen molar-refractivity contribution in [3.63, 3.8) is 0 Å². The highest BCUT2D eigenvalue weighted by Crippen LogP contribution is 2.66. The summed E-state index contributed by atoms with van der Waals surface area (Å²) in [6.07, 6.45) is 0. The highest BCUT2D eigenvalue weighted by molar-refractivity contribution is 7.26. The van der Waals surface area contributed by atoms with Crippen molar-refractivity contribution < 1.29 is 0 Å². The molecule has 0 saturated carbocycles. The molecule has 21 aromatic carbocycles. The summed E-state index contributed by atoms with van der Waals surface area (Å²) in [4.78, 5) is 5.07. The van der Waals surface area contributed by atoms with Crippen molar-refractivity contribution in [3.8, 4) is 100 Å². The summed E-state index contributed by atoms with van der Waals surface area (Å²) in [5.74, 6) is 0. The van der Waals surface area contributed by atoms with Gasteiger partial charge in [0, 0.05) is 74.1 Å². The topological polar surface area (TPSA) is 6.48 Å². The van der Waals surface area contributed by atoms with E-state index in [2.05, 4.69) is 483 Å². The van der Waals surface area contributed by atoms with Crippen LogP contribution in [0.2, 0.25) is 0 Å². The van der Waals surface area contributed by atoms with E-state index in [0.29, 0.717) is 0 Å². The molecule has 4 heteroatoms. The maximum absolute atomic E-state index is 2.61. The molecule has 26 rings (SSSR count). The highest BCUT2D eigenvalue weighted by atomic mass is 32.1. The normalized spacial score (nSPS) is 13.7. The zero-order chi connectivity index (χ0) is 84.1. The van der Waals surface area contributed by atoms with E-state index < -0.39 is 10.8 Å². The maximum Gasteiger partial charge on any atom is 0.0725 e. The molecule has 1 unspecified atom stereocenters. The minimum absolute atomic E-state index is 0.628. The fourth-order valence-electron chi connectivity index (χ4n) is 22.3. The van der Waals surface area contributed by atoms with E-state index in [1.807, 2.05) is 22.7 Å². The first-order valence-electron chi connectivity index (χ1n) is 44.2. The molecule has 2 aromatic heterocycles. The molecule has 0 radical (unpaired) electrons. The molecule has 0 saturated heterocycles. The van der Waals surface area contributed by atoms with Crippen molar-refractivity contribution in [1.29, 1.82) is 0 Å². The van der Waals surface area contributed by atoms with Gasteiger partial charge in [-0.15, -0.1) is 22.7 Å². The minimum atomic E-state index is -0.639. The van der Waals surface area contributed by atoms with E-state index in [-0.39, 0.29) is 0 Å². The molecular formula is C124H78N2S2. The zero-order valence-electron chi connectivity index (χ0n) is 69.7. The molecule has 0 aliphatic heterocycles. The van der Waals surface area contributed by atoms with Gasteiger partial charge in [0.25, 0.3) is 0 Å². The van der Waals surface area contributed by atoms with E-state index in [1.165, 1.54) is 168 Å². The van der Waals surface area contributed by atoms with Crippen LogP contribution in [-0.4, -0.2) is 0 Å². The molecule has 0 bridgehead atoms. The number of rotatable bonds is 14. The van der Waals surface area contributed by atoms with Crippen molar-refractivity contribution in [3.05, 3.63) is 518 Å². The first-order chi connectivity index (χ1) is 63.5. The predicted octanol–water partition coefficient (Wildman–Crippen LogP) is 34.4. The second-order valence-corrected chi connectivity index (χ2v) is 36.5. The van der Waals surface area contributed by atoms with Gasteiger partial charge in [0.15, 0.2) is 0 Å². The third-order valence-corrected chi connectivity index (χ3v) is 30.1. The Morgan fingerprint density at radius 2 is 0.523 bits per heavy atom. The first kappa shape index (κ1) is 73.7. The van der Waals surface area contributed by atoms with Gasteiger partial charge in [-0.2, -0.15) is 0 Å². The van der Waals surface area contributed by atoms with E-state index in [0.717, 1.165) is 73.1 Å². The Morgan fingerprint density at radius 3 is 1.11 bits per heavy atom. The van der Waals surface area contributed by atoms with Gasteiger partial charge >= 0.3 is 0 Å². The van der Waals surface area contributed by atoms with Crippen LogP contribution in [-0.2, 0) is 10.8 Å². The lowest BCUT2D eigenvalue weighted by molar-refractivity contribution is 0.768. The van der Waals surface area contributed by atoms with Gasteiger partial charge in [-0.1, -0.05) is 376 Å². The predicted molar refractivity (Wildman–Crippen MR) is 543 cm³/mol. The summed E-state index contributed by atoms with van der Waals surface area (Å²) in [5, 5.41) is 10.0. The standard InChI is InChI=1S/C124H78N2S2/c1-3-31-88(32-4-1)123(89-33-5-2-6-34-89)109-47-18-13-42-104(109)122-113(123)50-26-52-115(122)126(92-69-57-82(58-70-92)96-44-24-30-80-28-8-10-36-94(80)96)116-78-85(61-71-98(116)87-64-74-120-107(77-87)102-40-16-22-54-118(102)128-120)84-62-72-111-105(75-84)100-38-11-17-46-108(100)124(111)110-48-19-12-41-103(110)121-99(45-25-49-112(121)124)83-59-67-91(68-60-83)125(90-65-55-81(56-66-90)95-43-23-29-79-27-7-9-35-93(79)95)114-51-20-14-37-97(114)86-63-73-119-106(76-86)101-39-15-21-53-117(101)127-119/h1-78H. The molecule has 128 heavy (non-hydrogen) atoms. The number of fused-ring (bicyclic) bond motifs is 21. The van der Waals surface area contributed by atoms with E-state index in [9.17, 15) is 0 Å². The summed E-state index contributed by atoms with van der Waals surface area (Å²) < 4.78 is 5.15. The average Bonchev–Trinajstić information content (AvgIpc) is 1.51. The lowest BCUT2D eigenvalue weighted by atomic mass is 9.68. The number of hydrogen-bond donors (Lipinski definition) is 0. The number of anilines is 6. The Hall–Kier alpha value is -15.8. The van der Waals surface area contributed by atoms with E-state index in [1.54, 1.807) is 0 Å². The first-order valence-corrected chi connectivity index (χ1v) is 45.9. The third kappa shape index (κ3) is 11.2. The van der Waals surface area contributed by atoms with Crippen LogP contribution in [0.15, 0.2) is 473 Å². The van der Waals surface area contributed by atoms with Gasteiger partial charge in [-0.25, -0.2) is 0 Å². The van der Waals surface area contributed by atoms with Crippen LogP contribution in [0.4, 0.5) is 34.1 Å². The molecular weight excluding hydrogens is 1580 g/mol. The Balaban J connectivity index is 0.638. The highest BCUT2D eigenvalue weighted by Gasteiger charge is 2.53. The van der Waals surface area contributed by atoms with Gasteiger partial charge in [0.1, 0.15) is 0 Å². The molecule has 1 spiro atoms. The fraction of sp³-hybridized carbons (Fsp3) is 0.0161. The van der Waals surface area contributed by atoms with Crippen LogP contribution in [0.25, 0.3) is 162 Å². The number of nitrogens with zero attached hydrogens (tertiary/aromatic N) is 2. The average molecular weight is 1660 g/mol. The van der Waals surface area contributed by atoms with Crippen molar-refractivity contribution in [2.75, 3.05) is 9.80 Å². The Labute approximate surface area is 751 Å². The van der Waals surface area contributed by atoms with Gasteiger partial charge in [0.05, 0.1) is 27.9 Å². The van der Waals surface area contributed by atoms with E-state index in [4.69, 9.17) is 0 Å².